The van der Waals surface area contributed by atoms with Crippen LogP contribution in [0.4, 0.5) is 0 Å². The van der Waals surface area contributed by atoms with Gasteiger partial charge in [0.1, 0.15) is 0 Å². The smallest absolute Gasteiger partial charge is 1.00 e. The zero-order valence-electron chi connectivity index (χ0n) is 15.0. The SMILES string of the molecule is CCCCC1=CCC(C2=C3C(=CCC3=C(C)C)N=C2C)=C1.[Cl-].[Cl-].[Zr+2]. The Kier molecular flexibility index (Phi) is 10.0. The van der Waals surface area contributed by atoms with E-state index in [0.29, 0.717) is 0 Å². The van der Waals surface area contributed by atoms with E-state index in [1.54, 1.807) is 0 Å². The first-order valence-electron chi connectivity index (χ1n) is 8.19. The Bertz CT molecular complexity index is 672. The van der Waals surface area contributed by atoms with E-state index in [1.807, 2.05) is 0 Å². The van der Waals surface area contributed by atoms with Crippen molar-refractivity contribution in [1.82, 2.24) is 0 Å². The van der Waals surface area contributed by atoms with Crippen LogP contribution in [0.3, 0.4) is 0 Å². The number of hydrogen-bond donors (Lipinski definition) is 0. The van der Waals surface area contributed by atoms with E-state index < -0.39 is 0 Å². The minimum atomic E-state index is 0. The van der Waals surface area contributed by atoms with E-state index in [0.717, 1.165) is 12.8 Å². The number of fused-ring (bicyclic) bond motifs is 1. The maximum absolute atomic E-state index is 4.80. The van der Waals surface area contributed by atoms with Gasteiger partial charge < -0.3 is 24.8 Å². The number of rotatable bonds is 4. The molecule has 0 N–H and O–H groups in total. The van der Waals surface area contributed by atoms with E-state index in [1.165, 1.54) is 64.1 Å². The Balaban J connectivity index is 0.00000176. The molecule has 0 atom stereocenters. The summed E-state index contributed by atoms with van der Waals surface area (Å²) in [5.41, 5.74) is 11.2. The molecule has 4 heteroatoms. The summed E-state index contributed by atoms with van der Waals surface area (Å²) in [5.74, 6) is 0. The van der Waals surface area contributed by atoms with Gasteiger partial charge in [0.25, 0.3) is 0 Å². The van der Waals surface area contributed by atoms with E-state index in [-0.39, 0.29) is 51.0 Å². The first-order chi connectivity index (χ1) is 10.1. The fourth-order valence-electron chi connectivity index (χ4n) is 3.51. The maximum Gasteiger partial charge on any atom is 2.00 e. The number of halogens is 2. The molecule has 0 fully saturated rings. The van der Waals surface area contributed by atoms with E-state index in [9.17, 15) is 0 Å². The second-order valence-electron chi connectivity index (χ2n) is 6.48. The van der Waals surface area contributed by atoms with Crippen LogP contribution in [0.2, 0.25) is 0 Å². The summed E-state index contributed by atoms with van der Waals surface area (Å²) in [6.45, 7) is 8.86. The number of aliphatic imine (C=N–C) groups is 1. The van der Waals surface area contributed by atoms with Gasteiger partial charge in [0.15, 0.2) is 0 Å². The largest absolute Gasteiger partial charge is 2.00 e. The topological polar surface area (TPSA) is 12.4 Å². The molecule has 1 nitrogen and oxygen atoms in total. The molecule has 1 aliphatic heterocycles. The molecule has 0 bridgehead atoms. The number of allylic oxidation sites excluding steroid dienone is 8. The van der Waals surface area contributed by atoms with Gasteiger partial charge in [-0.3, -0.25) is 4.99 Å². The van der Waals surface area contributed by atoms with Gasteiger partial charge in [-0.2, -0.15) is 0 Å². The fourth-order valence-corrected chi connectivity index (χ4v) is 3.51. The van der Waals surface area contributed by atoms with Crippen molar-refractivity contribution in [3.8, 4) is 0 Å². The fraction of sp³-hybridized carbons (Fsp3) is 0.450. The summed E-state index contributed by atoms with van der Waals surface area (Å²) in [5, 5.41) is 0. The van der Waals surface area contributed by atoms with E-state index in [4.69, 9.17) is 4.99 Å². The molecule has 1 heterocycles. The molecule has 0 unspecified atom stereocenters. The predicted octanol–water partition coefficient (Wildman–Crippen LogP) is -0.166. The van der Waals surface area contributed by atoms with Crippen molar-refractivity contribution in [3.05, 3.63) is 57.4 Å². The summed E-state index contributed by atoms with van der Waals surface area (Å²) >= 11 is 0. The molecule has 24 heavy (non-hydrogen) atoms. The summed E-state index contributed by atoms with van der Waals surface area (Å²) in [4.78, 5) is 4.80. The van der Waals surface area contributed by atoms with Crippen LogP contribution in [0.5, 0.6) is 0 Å². The van der Waals surface area contributed by atoms with Gasteiger partial charge in [0, 0.05) is 16.9 Å². The van der Waals surface area contributed by atoms with Crippen molar-refractivity contribution < 1.29 is 51.0 Å². The first kappa shape index (κ1) is 23.8. The van der Waals surface area contributed by atoms with Crippen LogP contribution >= 0.6 is 0 Å². The minimum Gasteiger partial charge on any atom is -1.00 e. The Hall–Kier alpha value is -0.167. The Morgan fingerprint density at radius 1 is 1.08 bits per heavy atom. The summed E-state index contributed by atoms with van der Waals surface area (Å²) in [6, 6.07) is 0. The Morgan fingerprint density at radius 3 is 2.42 bits per heavy atom. The molecule has 128 valence electrons. The molecule has 0 amide bonds. The van der Waals surface area contributed by atoms with Gasteiger partial charge in [-0.1, -0.05) is 42.7 Å². The third-order valence-electron chi connectivity index (χ3n) is 4.64. The summed E-state index contributed by atoms with van der Waals surface area (Å²) in [6.07, 6.45) is 13.0. The molecule has 3 aliphatic rings. The van der Waals surface area contributed by atoms with Crippen molar-refractivity contribution in [3.63, 3.8) is 0 Å². The van der Waals surface area contributed by atoms with Gasteiger partial charge in [0.2, 0.25) is 0 Å². The third kappa shape index (κ3) is 4.51. The zero-order valence-corrected chi connectivity index (χ0v) is 18.9. The van der Waals surface area contributed by atoms with Gasteiger partial charge in [-0.05, 0) is 57.6 Å². The van der Waals surface area contributed by atoms with Crippen LogP contribution in [0, 0.1) is 0 Å². The molecule has 2 aliphatic carbocycles. The summed E-state index contributed by atoms with van der Waals surface area (Å²) in [7, 11) is 0. The average Bonchev–Trinajstić information content (AvgIpc) is 3.10. The molecule has 0 aromatic carbocycles. The second-order valence-corrected chi connectivity index (χ2v) is 6.48. The summed E-state index contributed by atoms with van der Waals surface area (Å²) < 4.78 is 0. The normalized spacial score (nSPS) is 17.9. The molecule has 0 radical (unpaired) electrons. The van der Waals surface area contributed by atoms with Crippen molar-refractivity contribution in [2.45, 2.75) is 59.8 Å². The quantitative estimate of drug-likeness (QED) is 0.575. The van der Waals surface area contributed by atoms with Crippen LogP contribution in [0.15, 0.2) is 62.4 Å². The van der Waals surface area contributed by atoms with Crippen LogP contribution in [0.25, 0.3) is 0 Å². The molecule has 0 saturated heterocycles. The predicted molar refractivity (Wildman–Crippen MR) is 91.5 cm³/mol. The average molecular weight is 442 g/mol. The van der Waals surface area contributed by atoms with Gasteiger partial charge >= 0.3 is 26.2 Å². The van der Waals surface area contributed by atoms with Gasteiger partial charge in [-0.25, -0.2) is 0 Å². The minimum absolute atomic E-state index is 0. The third-order valence-corrected chi connectivity index (χ3v) is 4.64. The first-order valence-corrected chi connectivity index (χ1v) is 8.19. The van der Waals surface area contributed by atoms with Gasteiger partial charge in [0.05, 0.1) is 5.70 Å². The van der Waals surface area contributed by atoms with E-state index >= 15 is 0 Å². The van der Waals surface area contributed by atoms with Crippen LogP contribution in [0.1, 0.15) is 59.8 Å². The molecular formula is C20H25Cl2NZr. The van der Waals surface area contributed by atoms with Crippen molar-refractivity contribution >= 4 is 5.71 Å². The van der Waals surface area contributed by atoms with Crippen molar-refractivity contribution in [2.24, 2.45) is 4.99 Å². The zero-order chi connectivity index (χ0) is 15.0. The molecule has 3 rings (SSSR count). The molecule has 0 aromatic heterocycles. The van der Waals surface area contributed by atoms with Crippen LogP contribution in [-0.2, 0) is 26.2 Å². The second kappa shape index (κ2) is 10.1. The van der Waals surface area contributed by atoms with Crippen molar-refractivity contribution in [2.75, 3.05) is 0 Å². The number of nitrogens with zero attached hydrogens (tertiary/aromatic N) is 1. The number of unbranched alkanes of at least 4 members (excludes halogenated alkanes) is 1. The number of hydrogen-bond acceptors (Lipinski definition) is 1. The monoisotopic (exact) mass is 439 g/mol. The molecular weight excluding hydrogens is 416 g/mol. The van der Waals surface area contributed by atoms with E-state index in [2.05, 4.69) is 45.9 Å². The Labute approximate surface area is 178 Å². The van der Waals surface area contributed by atoms with Crippen molar-refractivity contribution in [1.29, 1.82) is 0 Å². The molecule has 0 aromatic rings. The standard InChI is InChI=1S/C20H25N.2ClH.Zr/c1-5-6-7-15-8-9-16(12-15)19-14(4)21-18-11-10-17(13(2)3)20(18)19;;;/h8,11-12H,5-7,9-10H2,1-4H3;2*1H;/q;;;+2/p-2. The van der Waals surface area contributed by atoms with Crippen LogP contribution in [-0.4, -0.2) is 5.71 Å². The van der Waals surface area contributed by atoms with Crippen LogP contribution < -0.4 is 24.8 Å². The maximum atomic E-state index is 4.80. The molecule has 0 spiro atoms. The van der Waals surface area contributed by atoms with Gasteiger partial charge in [-0.15, -0.1) is 0 Å². The molecule has 0 saturated carbocycles. The Morgan fingerprint density at radius 2 is 1.79 bits per heavy atom.